The number of nitrogens with zero attached hydrogens (tertiary/aromatic N) is 1. The molecule has 0 saturated carbocycles. The number of hydrogen-bond donors (Lipinski definition) is 1. The van der Waals surface area contributed by atoms with E-state index in [1.165, 1.54) is 0 Å². The summed E-state index contributed by atoms with van der Waals surface area (Å²) in [5, 5.41) is 3.23. The second kappa shape index (κ2) is 5.07. The average Bonchev–Trinajstić information content (AvgIpc) is 2.18. The maximum Gasteiger partial charge on any atom is 0.409 e. The van der Waals surface area contributed by atoms with Gasteiger partial charge in [-0.1, -0.05) is 0 Å². The number of amides is 1. The molecule has 0 radical (unpaired) electrons. The van der Waals surface area contributed by atoms with E-state index < -0.39 is 0 Å². The van der Waals surface area contributed by atoms with E-state index >= 15 is 0 Å². The van der Waals surface area contributed by atoms with Crippen molar-refractivity contribution in [2.24, 2.45) is 0 Å². The van der Waals surface area contributed by atoms with Gasteiger partial charge in [-0.25, -0.2) is 4.79 Å². The lowest BCUT2D eigenvalue weighted by atomic mass is 10.1. The number of rotatable bonds is 2. The second-order valence-electron chi connectivity index (χ2n) is 3.35. The van der Waals surface area contributed by atoms with Crippen LogP contribution in [0, 0.1) is 0 Å². The van der Waals surface area contributed by atoms with Crippen molar-refractivity contribution in [3.8, 4) is 0 Å². The molecule has 0 aromatic carbocycles. The molecule has 0 bridgehead atoms. The van der Waals surface area contributed by atoms with Crippen LogP contribution < -0.4 is 5.32 Å². The van der Waals surface area contributed by atoms with Crippen LogP contribution in [0.25, 0.3) is 0 Å². The highest BCUT2D eigenvalue weighted by Gasteiger charge is 2.18. The Balaban J connectivity index is 2.26. The minimum atomic E-state index is -0.200. The molecule has 0 atom stereocenters. The predicted octanol–water partition coefficient (Wildman–Crippen LogP) is 0.827. The highest BCUT2D eigenvalue weighted by atomic mass is 16.6. The summed E-state index contributed by atoms with van der Waals surface area (Å²) in [7, 11) is 1.75. The zero-order valence-electron chi connectivity index (χ0n) is 8.38. The Morgan fingerprint density at radius 3 is 2.69 bits per heavy atom. The van der Waals surface area contributed by atoms with Crippen molar-refractivity contribution in [3.63, 3.8) is 0 Å². The van der Waals surface area contributed by atoms with Crippen molar-refractivity contribution in [1.29, 1.82) is 0 Å². The lowest BCUT2D eigenvalue weighted by Crippen LogP contribution is -2.37. The van der Waals surface area contributed by atoms with Gasteiger partial charge >= 0.3 is 6.09 Å². The van der Waals surface area contributed by atoms with E-state index in [4.69, 9.17) is 4.74 Å². The van der Waals surface area contributed by atoms with Crippen molar-refractivity contribution in [3.05, 3.63) is 0 Å². The van der Waals surface area contributed by atoms with E-state index in [1.807, 2.05) is 6.92 Å². The molecule has 4 nitrogen and oxygen atoms in total. The van der Waals surface area contributed by atoms with Gasteiger partial charge in [0, 0.05) is 13.6 Å². The molecular weight excluding hydrogens is 168 g/mol. The molecule has 1 aliphatic rings. The zero-order valence-corrected chi connectivity index (χ0v) is 8.38. The largest absolute Gasteiger partial charge is 0.446 e. The van der Waals surface area contributed by atoms with Gasteiger partial charge in [0.2, 0.25) is 0 Å². The molecule has 0 aromatic rings. The Labute approximate surface area is 79.2 Å². The van der Waals surface area contributed by atoms with Gasteiger partial charge in [-0.05, 0) is 32.9 Å². The molecule has 1 fully saturated rings. The molecule has 0 unspecified atom stereocenters. The van der Waals surface area contributed by atoms with Gasteiger partial charge in [0.25, 0.3) is 0 Å². The van der Waals surface area contributed by atoms with E-state index in [1.54, 1.807) is 11.9 Å². The van der Waals surface area contributed by atoms with Crippen LogP contribution in [0.2, 0.25) is 0 Å². The number of ether oxygens (including phenoxy) is 1. The van der Waals surface area contributed by atoms with Crippen LogP contribution in [0.3, 0.4) is 0 Å². The fourth-order valence-electron chi connectivity index (χ4n) is 1.27. The van der Waals surface area contributed by atoms with Gasteiger partial charge in [0.1, 0.15) is 6.10 Å². The van der Waals surface area contributed by atoms with Crippen LogP contribution in [0.4, 0.5) is 4.79 Å². The smallest absolute Gasteiger partial charge is 0.409 e. The predicted molar refractivity (Wildman–Crippen MR) is 50.7 cm³/mol. The molecule has 1 rings (SSSR count). The highest BCUT2D eigenvalue weighted by molar-refractivity contribution is 5.67. The molecule has 1 N–H and O–H groups in total. The Morgan fingerprint density at radius 1 is 1.54 bits per heavy atom. The molecule has 13 heavy (non-hydrogen) atoms. The number of nitrogens with one attached hydrogen (secondary N) is 1. The van der Waals surface area contributed by atoms with Crippen LogP contribution in [0.5, 0.6) is 0 Å². The molecule has 0 spiro atoms. The Kier molecular flexibility index (Phi) is 4.02. The van der Waals surface area contributed by atoms with Crippen LogP contribution in [0.1, 0.15) is 19.8 Å². The molecule has 1 amide bonds. The monoisotopic (exact) mass is 186 g/mol. The summed E-state index contributed by atoms with van der Waals surface area (Å²) in [5.74, 6) is 0. The van der Waals surface area contributed by atoms with Crippen molar-refractivity contribution < 1.29 is 9.53 Å². The first-order valence-electron chi connectivity index (χ1n) is 4.86. The van der Waals surface area contributed by atoms with Crippen molar-refractivity contribution in [2.45, 2.75) is 25.9 Å². The maximum atomic E-state index is 11.3. The third-order valence-electron chi connectivity index (χ3n) is 2.34. The van der Waals surface area contributed by atoms with Gasteiger partial charge in [0.05, 0.1) is 0 Å². The molecule has 1 heterocycles. The summed E-state index contributed by atoms with van der Waals surface area (Å²) in [6.07, 6.45) is 1.78. The third-order valence-corrected chi connectivity index (χ3v) is 2.34. The molecule has 76 valence electrons. The SMILES string of the molecule is CCN(C)C(=O)OC1CCNCC1. The minimum Gasteiger partial charge on any atom is -0.446 e. The van der Waals surface area contributed by atoms with Gasteiger partial charge in [0.15, 0.2) is 0 Å². The lowest BCUT2D eigenvalue weighted by Gasteiger charge is -2.25. The standard InChI is InChI=1S/C9H18N2O2/c1-3-11(2)9(12)13-8-4-6-10-7-5-8/h8,10H,3-7H2,1-2H3. The van der Waals surface area contributed by atoms with Crippen LogP contribution in [0.15, 0.2) is 0 Å². The van der Waals surface area contributed by atoms with Crippen LogP contribution >= 0.6 is 0 Å². The summed E-state index contributed by atoms with van der Waals surface area (Å²) in [6.45, 7) is 4.54. The Bertz CT molecular complexity index is 167. The van der Waals surface area contributed by atoms with E-state index in [0.29, 0.717) is 6.54 Å². The van der Waals surface area contributed by atoms with E-state index in [2.05, 4.69) is 5.32 Å². The fraction of sp³-hybridized carbons (Fsp3) is 0.889. The average molecular weight is 186 g/mol. The van der Waals surface area contributed by atoms with Crippen LogP contribution in [-0.4, -0.2) is 43.8 Å². The minimum absolute atomic E-state index is 0.114. The topological polar surface area (TPSA) is 41.6 Å². The van der Waals surface area contributed by atoms with Gasteiger partial charge in [-0.2, -0.15) is 0 Å². The van der Waals surface area contributed by atoms with E-state index in [9.17, 15) is 4.79 Å². The Morgan fingerprint density at radius 2 is 2.15 bits per heavy atom. The Hall–Kier alpha value is -0.770. The molecular formula is C9H18N2O2. The third kappa shape index (κ3) is 3.22. The van der Waals surface area contributed by atoms with Crippen molar-refractivity contribution in [2.75, 3.05) is 26.7 Å². The van der Waals surface area contributed by atoms with Crippen LogP contribution in [-0.2, 0) is 4.74 Å². The van der Waals surface area contributed by atoms with E-state index in [-0.39, 0.29) is 12.2 Å². The summed E-state index contributed by atoms with van der Waals surface area (Å²) >= 11 is 0. The number of carbonyl (C=O) groups is 1. The molecule has 1 saturated heterocycles. The second-order valence-corrected chi connectivity index (χ2v) is 3.35. The molecule has 1 aliphatic heterocycles. The molecule has 4 heteroatoms. The summed E-state index contributed by atoms with van der Waals surface area (Å²) in [5.41, 5.74) is 0. The summed E-state index contributed by atoms with van der Waals surface area (Å²) < 4.78 is 5.29. The van der Waals surface area contributed by atoms with Crippen molar-refractivity contribution in [1.82, 2.24) is 10.2 Å². The lowest BCUT2D eigenvalue weighted by molar-refractivity contribution is 0.0556. The normalized spacial score (nSPS) is 18.3. The maximum absolute atomic E-state index is 11.3. The van der Waals surface area contributed by atoms with E-state index in [0.717, 1.165) is 25.9 Å². The highest BCUT2D eigenvalue weighted by Crippen LogP contribution is 2.08. The first-order chi connectivity index (χ1) is 6.24. The zero-order chi connectivity index (χ0) is 9.68. The molecule has 0 aliphatic carbocycles. The summed E-state index contributed by atoms with van der Waals surface area (Å²) in [6, 6.07) is 0. The fourth-order valence-corrected chi connectivity index (χ4v) is 1.27. The van der Waals surface area contributed by atoms with Gasteiger partial charge in [-0.15, -0.1) is 0 Å². The van der Waals surface area contributed by atoms with Crippen molar-refractivity contribution >= 4 is 6.09 Å². The number of hydrogen-bond acceptors (Lipinski definition) is 3. The quantitative estimate of drug-likeness (QED) is 0.694. The van der Waals surface area contributed by atoms with Gasteiger partial charge in [-0.3, -0.25) is 0 Å². The first-order valence-corrected chi connectivity index (χ1v) is 4.86. The van der Waals surface area contributed by atoms with Gasteiger partial charge < -0.3 is 15.0 Å². The first kappa shape index (κ1) is 10.3. The summed E-state index contributed by atoms with van der Waals surface area (Å²) in [4.78, 5) is 12.9. The number of piperidine rings is 1. The molecule has 0 aromatic heterocycles. The number of carbonyl (C=O) groups excluding carboxylic acids is 1.